The van der Waals surface area contributed by atoms with Crippen molar-refractivity contribution in [2.75, 3.05) is 26.2 Å². The van der Waals surface area contributed by atoms with Gasteiger partial charge in [-0.25, -0.2) is 0 Å². The summed E-state index contributed by atoms with van der Waals surface area (Å²) in [5.41, 5.74) is 0.0251. The van der Waals surface area contributed by atoms with E-state index in [0.717, 1.165) is 39.0 Å². The highest BCUT2D eigenvalue weighted by Gasteiger charge is 2.53. The molecule has 2 aliphatic rings. The molecule has 3 heteroatoms. The molecule has 0 aromatic heterocycles. The maximum absolute atomic E-state index is 12.2. The van der Waals surface area contributed by atoms with E-state index in [0.29, 0.717) is 11.8 Å². The average Bonchev–Trinajstić information content (AvgIpc) is 2.99. The van der Waals surface area contributed by atoms with Crippen LogP contribution in [0.5, 0.6) is 0 Å². The van der Waals surface area contributed by atoms with Gasteiger partial charge in [0.05, 0.1) is 5.41 Å². The van der Waals surface area contributed by atoms with Gasteiger partial charge < -0.3 is 10.2 Å². The lowest BCUT2D eigenvalue weighted by Gasteiger charge is -2.32. The smallest absolute Gasteiger partial charge is 0.229 e. The molecule has 1 heterocycles. The van der Waals surface area contributed by atoms with Gasteiger partial charge in [0, 0.05) is 26.2 Å². The minimum Gasteiger partial charge on any atom is -0.340 e. The zero-order valence-corrected chi connectivity index (χ0v) is 9.18. The van der Waals surface area contributed by atoms with Crippen LogP contribution in [0.3, 0.4) is 0 Å². The summed E-state index contributed by atoms with van der Waals surface area (Å²) >= 11 is 0. The van der Waals surface area contributed by atoms with Crippen molar-refractivity contribution in [3.05, 3.63) is 0 Å². The largest absolute Gasteiger partial charge is 0.340 e. The number of carbonyl (C=O) groups is 1. The molecule has 80 valence electrons. The first-order valence-electron chi connectivity index (χ1n) is 5.67. The maximum Gasteiger partial charge on any atom is 0.229 e. The normalized spacial score (nSPS) is 25.2. The molecule has 0 atom stereocenters. The third-order valence-electron chi connectivity index (χ3n) is 3.72. The van der Waals surface area contributed by atoms with Crippen LogP contribution in [-0.4, -0.2) is 37.0 Å². The van der Waals surface area contributed by atoms with E-state index < -0.39 is 0 Å². The Morgan fingerprint density at radius 3 is 2.29 bits per heavy atom. The Labute approximate surface area is 85.8 Å². The minimum atomic E-state index is 0.0251. The SMILES string of the molecule is CC(C)C1(C(=O)N2CCNCC2)CC1. The van der Waals surface area contributed by atoms with Gasteiger partial charge in [-0.1, -0.05) is 13.8 Å². The lowest BCUT2D eigenvalue weighted by Crippen LogP contribution is -2.49. The Balaban J connectivity index is 2.00. The molecule has 1 saturated heterocycles. The molecule has 14 heavy (non-hydrogen) atoms. The Hall–Kier alpha value is -0.570. The Morgan fingerprint density at radius 2 is 1.86 bits per heavy atom. The van der Waals surface area contributed by atoms with E-state index >= 15 is 0 Å². The van der Waals surface area contributed by atoms with Gasteiger partial charge in [0.15, 0.2) is 0 Å². The van der Waals surface area contributed by atoms with Crippen LogP contribution in [0.1, 0.15) is 26.7 Å². The van der Waals surface area contributed by atoms with Crippen LogP contribution in [0, 0.1) is 11.3 Å². The Morgan fingerprint density at radius 1 is 1.29 bits per heavy atom. The Bertz CT molecular complexity index is 227. The zero-order chi connectivity index (χ0) is 10.2. The van der Waals surface area contributed by atoms with E-state index in [9.17, 15) is 4.79 Å². The number of piperazine rings is 1. The van der Waals surface area contributed by atoms with Gasteiger partial charge in [0.1, 0.15) is 0 Å². The molecule has 0 aromatic carbocycles. The molecule has 2 fully saturated rings. The number of hydrogen-bond acceptors (Lipinski definition) is 2. The van der Waals surface area contributed by atoms with Crippen molar-refractivity contribution in [1.29, 1.82) is 0 Å². The van der Waals surface area contributed by atoms with Gasteiger partial charge in [-0.2, -0.15) is 0 Å². The summed E-state index contributed by atoms with van der Waals surface area (Å²) in [4.78, 5) is 14.3. The molecular formula is C11H20N2O. The first-order chi connectivity index (χ1) is 6.67. The van der Waals surface area contributed by atoms with Crippen LogP contribution in [0.2, 0.25) is 0 Å². The van der Waals surface area contributed by atoms with Crippen LogP contribution in [0.4, 0.5) is 0 Å². The number of hydrogen-bond donors (Lipinski definition) is 1. The molecule has 3 nitrogen and oxygen atoms in total. The minimum absolute atomic E-state index is 0.0251. The van der Waals surface area contributed by atoms with E-state index in [2.05, 4.69) is 19.2 Å². The predicted molar refractivity (Wildman–Crippen MR) is 56.0 cm³/mol. The second kappa shape index (κ2) is 3.54. The lowest BCUT2D eigenvalue weighted by atomic mass is 9.90. The summed E-state index contributed by atoms with van der Waals surface area (Å²) < 4.78 is 0. The standard InChI is InChI=1S/C11H20N2O/c1-9(2)11(3-4-11)10(14)13-7-5-12-6-8-13/h9,12H,3-8H2,1-2H3. The first kappa shape index (κ1) is 9.97. The molecule has 2 rings (SSSR count). The molecule has 1 amide bonds. The molecule has 0 aromatic rings. The highest BCUT2D eigenvalue weighted by atomic mass is 16.2. The molecule has 1 aliphatic carbocycles. The topological polar surface area (TPSA) is 32.3 Å². The fraction of sp³-hybridized carbons (Fsp3) is 0.909. The van der Waals surface area contributed by atoms with Crippen molar-refractivity contribution in [2.24, 2.45) is 11.3 Å². The second-order valence-electron chi connectivity index (χ2n) is 4.85. The monoisotopic (exact) mass is 196 g/mol. The summed E-state index contributed by atoms with van der Waals surface area (Å²) in [6.07, 6.45) is 2.21. The van der Waals surface area contributed by atoms with Crippen LogP contribution in [0.25, 0.3) is 0 Å². The fourth-order valence-electron chi connectivity index (χ4n) is 2.36. The number of nitrogens with zero attached hydrogens (tertiary/aromatic N) is 1. The van der Waals surface area contributed by atoms with Gasteiger partial charge in [-0.3, -0.25) is 4.79 Å². The van der Waals surface area contributed by atoms with Crippen LogP contribution >= 0.6 is 0 Å². The van der Waals surface area contributed by atoms with E-state index in [1.54, 1.807) is 0 Å². The van der Waals surface area contributed by atoms with Crippen molar-refractivity contribution in [3.63, 3.8) is 0 Å². The van der Waals surface area contributed by atoms with Gasteiger partial charge in [-0.15, -0.1) is 0 Å². The number of nitrogens with one attached hydrogen (secondary N) is 1. The van der Waals surface area contributed by atoms with Crippen molar-refractivity contribution >= 4 is 5.91 Å². The number of carbonyl (C=O) groups excluding carboxylic acids is 1. The number of rotatable bonds is 2. The van der Waals surface area contributed by atoms with Crippen LogP contribution < -0.4 is 5.32 Å². The molecule has 1 saturated carbocycles. The van der Waals surface area contributed by atoms with Gasteiger partial charge in [-0.05, 0) is 18.8 Å². The van der Waals surface area contributed by atoms with Crippen molar-refractivity contribution in [1.82, 2.24) is 10.2 Å². The molecule has 0 bridgehead atoms. The maximum atomic E-state index is 12.2. The van der Waals surface area contributed by atoms with E-state index in [-0.39, 0.29) is 5.41 Å². The third-order valence-corrected chi connectivity index (χ3v) is 3.72. The number of amides is 1. The van der Waals surface area contributed by atoms with Gasteiger partial charge in [0.25, 0.3) is 0 Å². The second-order valence-corrected chi connectivity index (χ2v) is 4.85. The van der Waals surface area contributed by atoms with Crippen molar-refractivity contribution < 1.29 is 4.79 Å². The quantitative estimate of drug-likeness (QED) is 0.710. The average molecular weight is 196 g/mol. The molecule has 1 aliphatic heterocycles. The fourth-order valence-corrected chi connectivity index (χ4v) is 2.36. The molecule has 0 spiro atoms. The molecule has 0 radical (unpaired) electrons. The lowest BCUT2D eigenvalue weighted by molar-refractivity contribution is -0.139. The predicted octanol–water partition coefficient (Wildman–Crippen LogP) is 0.854. The zero-order valence-electron chi connectivity index (χ0n) is 9.18. The van der Waals surface area contributed by atoms with Gasteiger partial charge >= 0.3 is 0 Å². The highest BCUT2D eigenvalue weighted by Crippen LogP contribution is 2.53. The van der Waals surface area contributed by atoms with Crippen molar-refractivity contribution in [3.8, 4) is 0 Å². The molecular weight excluding hydrogens is 176 g/mol. The van der Waals surface area contributed by atoms with Crippen LogP contribution in [0.15, 0.2) is 0 Å². The van der Waals surface area contributed by atoms with Gasteiger partial charge in [0.2, 0.25) is 5.91 Å². The molecule has 1 N–H and O–H groups in total. The Kier molecular flexibility index (Phi) is 2.52. The van der Waals surface area contributed by atoms with Crippen LogP contribution in [-0.2, 0) is 4.79 Å². The molecule has 0 unspecified atom stereocenters. The summed E-state index contributed by atoms with van der Waals surface area (Å²) in [6.45, 7) is 8.06. The van der Waals surface area contributed by atoms with E-state index in [4.69, 9.17) is 0 Å². The van der Waals surface area contributed by atoms with E-state index in [1.807, 2.05) is 4.90 Å². The van der Waals surface area contributed by atoms with Crippen molar-refractivity contribution in [2.45, 2.75) is 26.7 Å². The highest BCUT2D eigenvalue weighted by molar-refractivity contribution is 5.85. The summed E-state index contributed by atoms with van der Waals surface area (Å²) in [7, 11) is 0. The van der Waals surface area contributed by atoms with E-state index in [1.165, 1.54) is 0 Å². The summed E-state index contributed by atoms with van der Waals surface area (Å²) in [5.74, 6) is 0.916. The first-order valence-corrected chi connectivity index (χ1v) is 5.67. The third kappa shape index (κ3) is 1.54. The summed E-state index contributed by atoms with van der Waals surface area (Å²) in [5, 5.41) is 3.28. The summed E-state index contributed by atoms with van der Waals surface area (Å²) in [6, 6.07) is 0.